The fraction of sp³-hybridized carbons (Fsp3) is 0.435. The third kappa shape index (κ3) is 5.94. The molecule has 0 radical (unpaired) electrons. The quantitative estimate of drug-likeness (QED) is 0.658. The molecule has 0 unspecified atom stereocenters. The molecule has 32 heavy (non-hydrogen) atoms. The van der Waals surface area contributed by atoms with E-state index < -0.39 is 9.84 Å². The van der Waals surface area contributed by atoms with Crippen LogP contribution >= 0.6 is 11.6 Å². The summed E-state index contributed by atoms with van der Waals surface area (Å²) in [4.78, 5) is 14.9. The highest BCUT2D eigenvalue weighted by molar-refractivity contribution is 7.91. The minimum Gasteiger partial charge on any atom is -0.486 e. The number of hydrogen-bond donors (Lipinski definition) is 1. The second-order valence-electron chi connectivity index (χ2n) is 8.12. The third-order valence-corrected chi connectivity index (χ3v) is 7.71. The Hall–Kier alpha value is -2.29. The summed E-state index contributed by atoms with van der Waals surface area (Å²) in [6, 6.07) is 12.5. The van der Waals surface area contributed by atoms with E-state index >= 15 is 0 Å². The first-order valence-electron chi connectivity index (χ1n) is 10.8. The number of nitrogens with one attached hydrogen (secondary N) is 1. The van der Waals surface area contributed by atoms with Gasteiger partial charge >= 0.3 is 0 Å². The Morgan fingerprint density at radius 1 is 1.03 bits per heavy atom. The van der Waals surface area contributed by atoms with Crippen LogP contribution in [0.5, 0.6) is 11.5 Å². The Kier molecular flexibility index (Phi) is 7.23. The number of halogens is 1. The first kappa shape index (κ1) is 22.9. The lowest BCUT2D eigenvalue weighted by atomic mass is 10.0. The van der Waals surface area contributed by atoms with Crippen LogP contribution in [0.2, 0.25) is 5.02 Å². The largest absolute Gasteiger partial charge is 0.486 e. The van der Waals surface area contributed by atoms with Crippen molar-refractivity contribution in [3.8, 4) is 11.5 Å². The molecule has 1 saturated heterocycles. The molecular formula is C23H27ClN2O5S. The van der Waals surface area contributed by atoms with E-state index in [0.29, 0.717) is 24.7 Å². The fourth-order valence-electron chi connectivity index (χ4n) is 3.95. The second kappa shape index (κ2) is 10.1. The molecule has 0 bridgehead atoms. The van der Waals surface area contributed by atoms with E-state index in [4.69, 9.17) is 21.1 Å². The van der Waals surface area contributed by atoms with Crippen LogP contribution in [0.4, 0.5) is 0 Å². The van der Waals surface area contributed by atoms with E-state index in [1.165, 1.54) is 17.7 Å². The SMILES string of the molecule is O=C(CCS(=O)(=O)c1ccc2c(c1)OCCO2)NC1CCN(Cc2ccc(Cl)cc2)CC1. The molecule has 0 saturated carbocycles. The first-order chi connectivity index (χ1) is 15.4. The Labute approximate surface area is 193 Å². The smallest absolute Gasteiger partial charge is 0.221 e. The molecule has 0 atom stereocenters. The highest BCUT2D eigenvalue weighted by Gasteiger charge is 2.23. The van der Waals surface area contributed by atoms with Crippen molar-refractivity contribution >= 4 is 27.3 Å². The molecule has 1 N–H and O–H groups in total. The zero-order valence-corrected chi connectivity index (χ0v) is 19.3. The fourth-order valence-corrected chi connectivity index (χ4v) is 5.32. The number of ether oxygens (including phenoxy) is 2. The van der Waals surface area contributed by atoms with Gasteiger partial charge in [0.15, 0.2) is 21.3 Å². The van der Waals surface area contributed by atoms with Gasteiger partial charge in [0.05, 0.1) is 10.6 Å². The van der Waals surface area contributed by atoms with Crippen molar-refractivity contribution in [1.82, 2.24) is 10.2 Å². The van der Waals surface area contributed by atoms with E-state index in [9.17, 15) is 13.2 Å². The van der Waals surface area contributed by atoms with Gasteiger partial charge in [0.2, 0.25) is 5.91 Å². The van der Waals surface area contributed by atoms with Gasteiger partial charge in [-0.25, -0.2) is 8.42 Å². The molecule has 2 aromatic rings. The summed E-state index contributed by atoms with van der Waals surface area (Å²) in [5, 5.41) is 3.72. The minimum atomic E-state index is -3.59. The van der Waals surface area contributed by atoms with E-state index in [2.05, 4.69) is 10.2 Å². The molecule has 4 rings (SSSR count). The van der Waals surface area contributed by atoms with Crippen molar-refractivity contribution in [3.05, 3.63) is 53.1 Å². The van der Waals surface area contributed by atoms with Crippen molar-refractivity contribution < 1.29 is 22.7 Å². The van der Waals surface area contributed by atoms with Gasteiger partial charge in [-0.1, -0.05) is 23.7 Å². The number of hydrogen-bond acceptors (Lipinski definition) is 6. The van der Waals surface area contributed by atoms with Gasteiger partial charge in [-0.3, -0.25) is 9.69 Å². The van der Waals surface area contributed by atoms with Crippen LogP contribution in [0.3, 0.4) is 0 Å². The summed E-state index contributed by atoms with van der Waals surface area (Å²) < 4.78 is 36.2. The molecule has 2 aliphatic heterocycles. The summed E-state index contributed by atoms with van der Waals surface area (Å²) >= 11 is 5.94. The predicted octanol–water partition coefficient (Wildman–Crippen LogP) is 3.06. The van der Waals surface area contributed by atoms with E-state index in [1.807, 2.05) is 24.3 Å². The zero-order valence-electron chi connectivity index (χ0n) is 17.8. The molecule has 172 valence electrons. The van der Waals surface area contributed by atoms with Gasteiger partial charge in [-0.15, -0.1) is 0 Å². The molecule has 0 aromatic heterocycles. The zero-order chi connectivity index (χ0) is 22.6. The van der Waals surface area contributed by atoms with E-state index in [0.717, 1.165) is 37.5 Å². The molecule has 1 amide bonds. The standard InChI is InChI=1S/C23H27ClN2O5S/c24-18-3-1-17(2-4-18)16-26-10-7-19(8-11-26)25-23(27)9-14-32(28,29)20-5-6-21-22(15-20)31-13-12-30-21/h1-6,15,19H,7-14,16H2,(H,25,27). The highest BCUT2D eigenvalue weighted by atomic mass is 35.5. The second-order valence-corrected chi connectivity index (χ2v) is 10.7. The topological polar surface area (TPSA) is 84.9 Å². The van der Waals surface area contributed by atoms with Gasteiger partial charge in [-0.2, -0.15) is 0 Å². The Bertz CT molecular complexity index is 1050. The van der Waals surface area contributed by atoms with Crippen LogP contribution in [-0.4, -0.2) is 57.3 Å². The van der Waals surface area contributed by atoms with Crippen LogP contribution in [-0.2, 0) is 21.2 Å². The Morgan fingerprint density at radius 3 is 2.44 bits per heavy atom. The molecule has 1 fully saturated rings. The molecule has 0 spiro atoms. The van der Waals surface area contributed by atoms with Gasteiger partial charge in [-0.05, 0) is 42.7 Å². The average molecular weight is 479 g/mol. The maximum atomic E-state index is 12.7. The molecule has 2 aliphatic rings. The molecule has 9 heteroatoms. The number of benzene rings is 2. The van der Waals surface area contributed by atoms with Crippen molar-refractivity contribution in [1.29, 1.82) is 0 Å². The van der Waals surface area contributed by atoms with Crippen LogP contribution < -0.4 is 14.8 Å². The number of amides is 1. The first-order valence-corrected chi connectivity index (χ1v) is 12.8. The van der Waals surface area contributed by atoms with Gasteiger partial charge in [0.25, 0.3) is 0 Å². The number of piperidine rings is 1. The molecular weight excluding hydrogens is 452 g/mol. The third-order valence-electron chi connectivity index (χ3n) is 5.74. The summed E-state index contributed by atoms with van der Waals surface area (Å²) in [6.45, 7) is 3.44. The number of sulfone groups is 1. The maximum absolute atomic E-state index is 12.7. The van der Waals surface area contributed by atoms with Gasteiger partial charge in [0, 0.05) is 43.2 Å². The normalized spacial score (nSPS) is 17.2. The van der Waals surface area contributed by atoms with Crippen LogP contribution in [0.25, 0.3) is 0 Å². The maximum Gasteiger partial charge on any atom is 0.221 e. The van der Waals surface area contributed by atoms with Gasteiger partial charge in [0.1, 0.15) is 13.2 Å². The van der Waals surface area contributed by atoms with E-state index in [-0.39, 0.29) is 29.0 Å². The predicted molar refractivity (Wildman–Crippen MR) is 122 cm³/mol. The average Bonchev–Trinajstić information content (AvgIpc) is 2.80. The highest BCUT2D eigenvalue weighted by Crippen LogP contribution is 2.32. The van der Waals surface area contributed by atoms with Crippen molar-refractivity contribution in [2.45, 2.75) is 36.7 Å². The number of likely N-dealkylation sites (tertiary alicyclic amines) is 1. The summed E-state index contributed by atoms with van der Waals surface area (Å²) in [5.74, 6) is 0.484. The summed E-state index contributed by atoms with van der Waals surface area (Å²) in [6.07, 6.45) is 1.62. The summed E-state index contributed by atoms with van der Waals surface area (Å²) in [7, 11) is -3.59. The van der Waals surface area contributed by atoms with Crippen molar-refractivity contribution in [3.63, 3.8) is 0 Å². The Balaban J connectivity index is 1.22. The number of carbonyl (C=O) groups is 1. The monoisotopic (exact) mass is 478 g/mol. The molecule has 0 aliphatic carbocycles. The van der Waals surface area contributed by atoms with Crippen molar-refractivity contribution in [2.75, 3.05) is 32.1 Å². The molecule has 2 heterocycles. The van der Waals surface area contributed by atoms with Gasteiger partial charge < -0.3 is 14.8 Å². The lowest BCUT2D eigenvalue weighted by Crippen LogP contribution is -2.44. The lowest BCUT2D eigenvalue weighted by molar-refractivity contribution is -0.121. The number of fused-ring (bicyclic) bond motifs is 1. The minimum absolute atomic E-state index is 0.0677. The van der Waals surface area contributed by atoms with Crippen molar-refractivity contribution in [2.24, 2.45) is 0 Å². The number of carbonyl (C=O) groups excluding carboxylic acids is 1. The molecule has 7 nitrogen and oxygen atoms in total. The number of rotatable bonds is 7. The van der Waals surface area contributed by atoms with Crippen LogP contribution in [0.15, 0.2) is 47.4 Å². The Morgan fingerprint density at radius 2 is 1.72 bits per heavy atom. The number of nitrogens with zero attached hydrogens (tertiary/aromatic N) is 1. The van der Waals surface area contributed by atoms with Crippen LogP contribution in [0, 0.1) is 0 Å². The van der Waals surface area contributed by atoms with Crippen LogP contribution in [0.1, 0.15) is 24.8 Å². The molecule has 2 aromatic carbocycles. The summed E-state index contributed by atoms with van der Waals surface area (Å²) in [5.41, 5.74) is 1.21. The lowest BCUT2D eigenvalue weighted by Gasteiger charge is -2.32. The van der Waals surface area contributed by atoms with E-state index in [1.54, 1.807) is 6.07 Å².